The molecule has 3 heteroatoms. The topological polar surface area (TPSA) is 56.0 Å². The van der Waals surface area contributed by atoms with Gasteiger partial charge >= 0.3 is 0 Å². The van der Waals surface area contributed by atoms with E-state index < -0.39 is 0 Å². The zero-order valence-corrected chi connectivity index (χ0v) is 9.83. The maximum Gasteiger partial charge on any atom is 0.0994 e. The van der Waals surface area contributed by atoms with Crippen molar-refractivity contribution in [2.45, 2.75) is 32.7 Å². The van der Waals surface area contributed by atoms with Crippen LogP contribution < -0.4 is 5.32 Å². The van der Waals surface area contributed by atoms with Crippen LogP contribution in [0.5, 0.6) is 0 Å². The van der Waals surface area contributed by atoms with Gasteiger partial charge in [0.25, 0.3) is 0 Å². The summed E-state index contributed by atoms with van der Waals surface area (Å²) < 4.78 is 0. The predicted octanol–water partition coefficient (Wildman–Crippen LogP) is 2.44. The molecular formula is C13H18N2O. The van der Waals surface area contributed by atoms with Crippen molar-refractivity contribution in [1.82, 2.24) is 0 Å². The van der Waals surface area contributed by atoms with Crippen LogP contribution in [0.25, 0.3) is 0 Å². The van der Waals surface area contributed by atoms with Gasteiger partial charge in [0.2, 0.25) is 0 Å². The number of hydrogen-bond donors (Lipinski definition) is 2. The maximum absolute atomic E-state index is 8.90. The molecule has 86 valence electrons. The average molecular weight is 218 g/mol. The molecular weight excluding hydrogens is 200 g/mol. The molecule has 0 amide bonds. The van der Waals surface area contributed by atoms with Crippen LogP contribution in [0.3, 0.4) is 0 Å². The molecule has 1 atom stereocenters. The highest BCUT2D eigenvalue weighted by Gasteiger charge is 2.06. The third-order valence-electron chi connectivity index (χ3n) is 2.69. The van der Waals surface area contributed by atoms with Crippen molar-refractivity contribution in [3.8, 4) is 6.07 Å². The summed E-state index contributed by atoms with van der Waals surface area (Å²) in [5.74, 6) is 0. The minimum absolute atomic E-state index is 0.195. The Morgan fingerprint density at radius 1 is 1.50 bits per heavy atom. The van der Waals surface area contributed by atoms with Crippen molar-refractivity contribution in [3.05, 3.63) is 29.3 Å². The molecule has 0 aliphatic heterocycles. The average Bonchev–Trinajstić information content (AvgIpc) is 2.28. The molecule has 0 aromatic heterocycles. The fourth-order valence-corrected chi connectivity index (χ4v) is 1.65. The molecule has 1 rings (SSSR count). The van der Waals surface area contributed by atoms with E-state index in [9.17, 15) is 0 Å². The lowest BCUT2D eigenvalue weighted by molar-refractivity contribution is 0.278. The third-order valence-corrected chi connectivity index (χ3v) is 2.69. The Morgan fingerprint density at radius 2 is 2.25 bits per heavy atom. The molecule has 0 saturated carbocycles. The summed E-state index contributed by atoms with van der Waals surface area (Å²) in [7, 11) is 0. The number of hydrogen-bond acceptors (Lipinski definition) is 3. The first kappa shape index (κ1) is 12.5. The fraction of sp³-hybridized carbons (Fsp3) is 0.462. The van der Waals surface area contributed by atoms with Gasteiger partial charge in [-0.1, -0.05) is 6.92 Å². The highest BCUT2D eigenvalue weighted by atomic mass is 16.3. The Kier molecular flexibility index (Phi) is 4.81. The Hall–Kier alpha value is -1.53. The highest BCUT2D eigenvalue weighted by molar-refractivity contribution is 5.52. The first-order valence-electron chi connectivity index (χ1n) is 5.59. The van der Waals surface area contributed by atoms with Gasteiger partial charge in [-0.25, -0.2) is 0 Å². The van der Waals surface area contributed by atoms with Crippen LogP contribution in [0.15, 0.2) is 18.2 Å². The molecule has 0 fully saturated rings. The smallest absolute Gasteiger partial charge is 0.0994 e. The molecule has 0 aliphatic carbocycles. The molecule has 0 radical (unpaired) electrons. The quantitative estimate of drug-likeness (QED) is 0.798. The molecule has 1 unspecified atom stereocenters. The van der Waals surface area contributed by atoms with Crippen molar-refractivity contribution >= 4 is 5.69 Å². The van der Waals surface area contributed by atoms with Gasteiger partial charge in [-0.3, -0.25) is 0 Å². The molecule has 0 saturated heterocycles. The Labute approximate surface area is 96.7 Å². The van der Waals surface area contributed by atoms with Crippen molar-refractivity contribution in [2.75, 3.05) is 11.9 Å². The standard InChI is InChI=1S/C13H18N2O/c1-3-12(6-7-16)15-13-5-4-11(9-14)10(2)8-13/h4-5,8,12,15-16H,3,6-7H2,1-2H3. The lowest BCUT2D eigenvalue weighted by Gasteiger charge is -2.17. The summed E-state index contributed by atoms with van der Waals surface area (Å²) in [4.78, 5) is 0. The number of nitrogens with zero attached hydrogens (tertiary/aromatic N) is 1. The second kappa shape index (κ2) is 6.14. The summed E-state index contributed by atoms with van der Waals surface area (Å²) in [6.07, 6.45) is 1.72. The highest BCUT2D eigenvalue weighted by Crippen LogP contribution is 2.16. The summed E-state index contributed by atoms with van der Waals surface area (Å²) in [6.45, 7) is 4.21. The number of aryl methyl sites for hydroxylation is 1. The van der Waals surface area contributed by atoms with E-state index >= 15 is 0 Å². The van der Waals surface area contributed by atoms with Crippen LogP contribution in [-0.4, -0.2) is 17.8 Å². The molecule has 2 N–H and O–H groups in total. The molecule has 16 heavy (non-hydrogen) atoms. The van der Waals surface area contributed by atoms with E-state index in [1.807, 2.05) is 25.1 Å². The second-order valence-electron chi connectivity index (χ2n) is 3.90. The van der Waals surface area contributed by atoms with Gasteiger partial charge < -0.3 is 10.4 Å². The monoisotopic (exact) mass is 218 g/mol. The van der Waals surface area contributed by atoms with E-state index in [0.717, 1.165) is 24.1 Å². The zero-order chi connectivity index (χ0) is 12.0. The lowest BCUT2D eigenvalue weighted by atomic mass is 10.1. The molecule has 0 heterocycles. The van der Waals surface area contributed by atoms with Crippen molar-refractivity contribution in [3.63, 3.8) is 0 Å². The number of benzene rings is 1. The van der Waals surface area contributed by atoms with Gasteiger partial charge in [0.15, 0.2) is 0 Å². The van der Waals surface area contributed by atoms with Crippen LogP contribution in [0.1, 0.15) is 30.9 Å². The summed E-state index contributed by atoms with van der Waals surface area (Å²) in [5, 5.41) is 21.1. The van der Waals surface area contributed by atoms with Crippen molar-refractivity contribution in [2.24, 2.45) is 0 Å². The van der Waals surface area contributed by atoms with E-state index in [1.165, 1.54) is 0 Å². The molecule has 0 aliphatic rings. The number of anilines is 1. The molecule has 0 bridgehead atoms. The van der Waals surface area contributed by atoms with Gasteiger partial charge in [-0.05, 0) is 43.5 Å². The van der Waals surface area contributed by atoms with Gasteiger partial charge in [0.1, 0.15) is 0 Å². The number of aliphatic hydroxyl groups is 1. The van der Waals surface area contributed by atoms with Gasteiger partial charge in [0, 0.05) is 18.3 Å². The van der Waals surface area contributed by atoms with Gasteiger partial charge in [-0.15, -0.1) is 0 Å². The first-order valence-corrected chi connectivity index (χ1v) is 5.59. The van der Waals surface area contributed by atoms with E-state index in [2.05, 4.69) is 18.3 Å². The van der Waals surface area contributed by atoms with Crippen molar-refractivity contribution < 1.29 is 5.11 Å². The lowest BCUT2D eigenvalue weighted by Crippen LogP contribution is -2.19. The number of rotatable bonds is 5. The fourth-order valence-electron chi connectivity index (χ4n) is 1.65. The summed E-state index contributed by atoms with van der Waals surface area (Å²) in [5.41, 5.74) is 2.70. The summed E-state index contributed by atoms with van der Waals surface area (Å²) in [6, 6.07) is 8.14. The molecule has 1 aromatic rings. The normalized spacial score (nSPS) is 11.9. The summed E-state index contributed by atoms with van der Waals surface area (Å²) >= 11 is 0. The molecule has 1 aromatic carbocycles. The minimum atomic E-state index is 0.195. The SMILES string of the molecule is CCC(CCO)Nc1ccc(C#N)c(C)c1. The van der Waals surface area contributed by atoms with E-state index in [-0.39, 0.29) is 12.6 Å². The van der Waals surface area contributed by atoms with E-state index in [1.54, 1.807) is 0 Å². The van der Waals surface area contributed by atoms with Crippen molar-refractivity contribution in [1.29, 1.82) is 5.26 Å². The maximum atomic E-state index is 8.90. The van der Waals surface area contributed by atoms with Gasteiger partial charge in [0.05, 0.1) is 11.6 Å². The van der Waals surface area contributed by atoms with Crippen LogP contribution in [0, 0.1) is 18.3 Å². The number of aliphatic hydroxyl groups excluding tert-OH is 1. The Balaban J connectivity index is 2.74. The Morgan fingerprint density at radius 3 is 2.75 bits per heavy atom. The molecule has 3 nitrogen and oxygen atoms in total. The number of nitriles is 1. The van der Waals surface area contributed by atoms with Crippen LogP contribution in [-0.2, 0) is 0 Å². The van der Waals surface area contributed by atoms with E-state index in [4.69, 9.17) is 10.4 Å². The van der Waals surface area contributed by atoms with Crippen LogP contribution >= 0.6 is 0 Å². The minimum Gasteiger partial charge on any atom is -0.396 e. The number of nitrogens with one attached hydrogen (secondary N) is 1. The van der Waals surface area contributed by atoms with Crippen LogP contribution in [0.2, 0.25) is 0 Å². The third kappa shape index (κ3) is 3.25. The second-order valence-corrected chi connectivity index (χ2v) is 3.90. The largest absolute Gasteiger partial charge is 0.396 e. The zero-order valence-electron chi connectivity index (χ0n) is 9.83. The first-order chi connectivity index (χ1) is 7.71. The van der Waals surface area contributed by atoms with Crippen LogP contribution in [0.4, 0.5) is 5.69 Å². The van der Waals surface area contributed by atoms with Gasteiger partial charge in [-0.2, -0.15) is 5.26 Å². The Bertz CT molecular complexity index is 382. The van der Waals surface area contributed by atoms with E-state index in [0.29, 0.717) is 5.56 Å². The molecule has 0 spiro atoms. The predicted molar refractivity (Wildman–Crippen MR) is 65.3 cm³/mol.